The van der Waals surface area contributed by atoms with E-state index in [-0.39, 0.29) is 5.97 Å². The Kier molecular flexibility index (Phi) is 3.40. The number of rotatable bonds is 5. The van der Waals surface area contributed by atoms with Gasteiger partial charge in [-0.15, -0.1) is 0 Å². The third kappa shape index (κ3) is 4.02. The molecule has 0 unspecified atom stereocenters. The van der Waals surface area contributed by atoms with E-state index in [9.17, 15) is 4.79 Å². The molecule has 0 aromatic heterocycles. The summed E-state index contributed by atoms with van der Waals surface area (Å²) in [6.07, 6.45) is 6.94. The second kappa shape index (κ2) is 4.37. The van der Waals surface area contributed by atoms with E-state index in [4.69, 9.17) is 0 Å². The first-order valence-corrected chi connectivity index (χ1v) is 4.39. The van der Waals surface area contributed by atoms with E-state index >= 15 is 0 Å². The van der Waals surface area contributed by atoms with E-state index < -0.39 is 0 Å². The molecule has 1 fully saturated rings. The fourth-order valence-electron chi connectivity index (χ4n) is 1.21. The molecule has 64 valence electrons. The summed E-state index contributed by atoms with van der Waals surface area (Å²) >= 11 is 0. The number of carbonyl (C=O) groups excluding carboxylic acids is 1. The van der Waals surface area contributed by atoms with Crippen molar-refractivity contribution in [2.45, 2.75) is 38.5 Å². The minimum atomic E-state index is -0.0687. The Morgan fingerprint density at radius 1 is 1.45 bits per heavy atom. The molecule has 1 rings (SSSR count). The van der Waals surface area contributed by atoms with Crippen LogP contribution in [0.1, 0.15) is 38.5 Å². The average molecular weight is 156 g/mol. The Labute approximate surface area is 67.9 Å². The third-order valence-electron chi connectivity index (χ3n) is 2.17. The molecular formula is C9H16O2. The lowest BCUT2D eigenvalue weighted by atomic mass is 10.1. The number of hydrogen-bond acceptors (Lipinski definition) is 2. The van der Waals surface area contributed by atoms with Crippen LogP contribution < -0.4 is 0 Å². The number of unbranched alkanes of at least 4 members (excludes halogenated alkanes) is 1. The number of ether oxygens (including phenoxy) is 1. The summed E-state index contributed by atoms with van der Waals surface area (Å²) < 4.78 is 4.53. The molecule has 0 N–H and O–H groups in total. The quantitative estimate of drug-likeness (QED) is 0.450. The van der Waals surface area contributed by atoms with Crippen LogP contribution in [0.2, 0.25) is 0 Å². The van der Waals surface area contributed by atoms with Crippen molar-refractivity contribution in [2.24, 2.45) is 5.92 Å². The Morgan fingerprint density at radius 2 is 2.18 bits per heavy atom. The summed E-state index contributed by atoms with van der Waals surface area (Å²) in [7, 11) is 1.45. The molecule has 0 bridgehead atoms. The molecule has 0 aromatic carbocycles. The normalized spacial score (nSPS) is 16.5. The average Bonchev–Trinajstić information content (AvgIpc) is 2.81. The zero-order chi connectivity index (χ0) is 8.10. The molecule has 0 spiro atoms. The predicted octanol–water partition coefficient (Wildman–Crippen LogP) is 2.13. The van der Waals surface area contributed by atoms with Crippen LogP contribution >= 0.6 is 0 Å². The Morgan fingerprint density at radius 3 is 2.73 bits per heavy atom. The van der Waals surface area contributed by atoms with Gasteiger partial charge in [-0.1, -0.05) is 25.7 Å². The summed E-state index contributed by atoms with van der Waals surface area (Å²) in [6.45, 7) is 0. The summed E-state index contributed by atoms with van der Waals surface area (Å²) in [5.74, 6) is 0.924. The number of carbonyl (C=O) groups is 1. The zero-order valence-corrected chi connectivity index (χ0v) is 7.14. The SMILES string of the molecule is COC(=O)CCCCC1CC1. The highest BCUT2D eigenvalue weighted by Crippen LogP contribution is 2.33. The molecule has 1 aliphatic rings. The van der Waals surface area contributed by atoms with Crippen LogP contribution in [0, 0.1) is 5.92 Å². The Balaban J connectivity index is 1.82. The molecule has 0 aromatic rings. The molecule has 0 radical (unpaired) electrons. The number of hydrogen-bond donors (Lipinski definition) is 0. The van der Waals surface area contributed by atoms with E-state index in [1.165, 1.54) is 32.8 Å². The first-order chi connectivity index (χ1) is 5.33. The molecule has 0 aliphatic heterocycles. The number of esters is 1. The van der Waals surface area contributed by atoms with Crippen LogP contribution in [-0.4, -0.2) is 13.1 Å². The lowest BCUT2D eigenvalue weighted by molar-refractivity contribution is -0.140. The van der Waals surface area contributed by atoms with Crippen molar-refractivity contribution in [1.29, 1.82) is 0 Å². The minimum Gasteiger partial charge on any atom is -0.469 e. The minimum absolute atomic E-state index is 0.0687. The van der Waals surface area contributed by atoms with E-state index in [0.717, 1.165) is 12.3 Å². The van der Waals surface area contributed by atoms with Gasteiger partial charge in [0, 0.05) is 6.42 Å². The van der Waals surface area contributed by atoms with Crippen LogP contribution in [0.25, 0.3) is 0 Å². The highest BCUT2D eigenvalue weighted by atomic mass is 16.5. The van der Waals surface area contributed by atoms with Gasteiger partial charge in [0.2, 0.25) is 0 Å². The van der Waals surface area contributed by atoms with Gasteiger partial charge in [-0.2, -0.15) is 0 Å². The van der Waals surface area contributed by atoms with E-state index in [1.54, 1.807) is 0 Å². The van der Waals surface area contributed by atoms with Crippen LogP contribution in [0.3, 0.4) is 0 Å². The molecule has 0 saturated heterocycles. The van der Waals surface area contributed by atoms with Gasteiger partial charge in [0.05, 0.1) is 7.11 Å². The van der Waals surface area contributed by atoms with Crippen LogP contribution in [0.15, 0.2) is 0 Å². The number of methoxy groups -OCH3 is 1. The van der Waals surface area contributed by atoms with Crippen molar-refractivity contribution in [3.05, 3.63) is 0 Å². The van der Waals surface area contributed by atoms with Gasteiger partial charge in [-0.3, -0.25) is 4.79 Å². The first-order valence-electron chi connectivity index (χ1n) is 4.39. The summed E-state index contributed by atoms with van der Waals surface area (Å²) in [6, 6.07) is 0. The van der Waals surface area contributed by atoms with Gasteiger partial charge in [-0.25, -0.2) is 0 Å². The fourth-order valence-corrected chi connectivity index (χ4v) is 1.21. The lowest BCUT2D eigenvalue weighted by Crippen LogP contribution is -1.99. The lowest BCUT2D eigenvalue weighted by Gasteiger charge is -1.98. The van der Waals surface area contributed by atoms with Crippen molar-refractivity contribution >= 4 is 5.97 Å². The molecule has 2 heteroatoms. The molecule has 0 heterocycles. The van der Waals surface area contributed by atoms with Gasteiger partial charge in [0.25, 0.3) is 0 Å². The first kappa shape index (κ1) is 8.57. The van der Waals surface area contributed by atoms with Crippen LogP contribution in [-0.2, 0) is 9.53 Å². The summed E-state index contributed by atoms with van der Waals surface area (Å²) in [4.78, 5) is 10.6. The molecule has 2 nitrogen and oxygen atoms in total. The molecule has 0 amide bonds. The Bertz CT molecular complexity index is 128. The van der Waals surface area contributed by atoms with Gasteiger partial charge in [0.1, 0.15) is 0 Å². The molecule has 0 atom stereocenters. The van der Waals surface area contributed by atoms with Crippen molar-refractivity contribution in [1.82, 2.24) is 0 Å². The standard InChI is InChI=1S/C9H16O2/c1-11-9(10)5-3-2-4-8-6-7-8/h8H,2-7H2,1H3. The van der Waals surface area contributed by atoms with Crippen LogP contribution in [0.4, 0.5) is 0 Å². The summed E-state index contributed by atoms with van der Waals surface area (Å²) in [5.41, 5.74) is 0. The maximum Gasteiger partial charge on any atom is 0.305 e. The van der Waals surface area contributed by atoms with Crippen LogP contribution in [0.5, 0.6) is 0 Å². The van der Waals surface area contributed by atoms with Crippen molar-refractivity contribution in [2.75, 3.05) is 7.11 Å². The van der Waals surface area contributed by atoms with Gasteiger partial charge in [0.15, 0.2) is 0 Å². The highest BCUT2D eigenvalue weighted by molar-refractivity contribution is 5.68. The second-order valence-corrected chi connectivity index (χ2v) is 3.27. The highest BCUT2D eigenvalue weighted by Gasteiger charge is 2.20. The maximum atomic E-state index is 10.6. The molecule has 1 aliphatic carbocycles. The molecule has 11 heavy (non-hydrogen) atoms. The second-order valence-electron chi connectivity index (χ2n) is 3.27. The largest absolute Gasteiger partial charge is 0.469 e. The van der Waals surface area contributed by atoms with E-state index in [2.05, 4.69) is 4.74 Å². The topological polar surface area (TPSA) is 26.3 Å². The molecular weight excluding hydrogens is 140 g/mol. The van der Waals surface area contributed by atoms with E-state index in [0.29, 0.717) is 6.42 Å². The predicted molar refractivity (Wildman–Crippen MR) is 43.2 cm³/mol. The van der Waals surface area contributed by atoms with Crippen molar-refractivity contribution < 1.29 is 9.53 Å². The monoisotopic (exact) mass is 156 g/mol. The fraction of sp³-hybridized carbons (Fsp3) is 0.889. The summed E-state index contributed by atoms with van der Waals surface area (Å²) in [5, 5.41) is 0. The van der Waals surface area contributed by atoms with E-state index in [1.807, 2.05) is 0 Å². The van der Waals surface area contributed by atoms with Crippen molar-refractivity contribution in [3.8, 4) is 0 Å². The Hall–Kier alpha value is -0.530. The van der Waals surface area contributed by atoms with Gasteiger partial charge < -0.3 is 4.74 Å². The third-order valence-corrected chi connectivity index (χ3v) is 2.17. The van der Waals surface area contributed by atoms with Crippen molar-refractivity contribution in [3.63, 3.8) is 0 Å². The maximum absolute atomic E-state index is 10.6. The smallest absolute Gasteiger partial charge is 0.305 e. The van der Waals surface area contributed by atoms with Gasteiger partial charge in [-0.05, 0) is 12.3 Å². The molecule has 1 saturated carbocycles. The van der Waals surface area contributed by atoms with Gasteiger partial charge >= 0.3 is 5.97 Å². The zero-order valence-electron chi connectivity index (χ0n) is 7.14.